The molecule has 0 atom stereocenters. The largest absolute Gasteiger partial charge is 0.449 e. The first-order valence-corrected chi connectivity index (χ1v) is 13.1. The molecule has 0 unspecified atom stereocenters. The normalized spacial score (nSPS) is 10.3. The molecule has 0 saturated carbocycles. The van der Waals surface area contributed by atoms with Gasteiger partial charge in [-0.05, 0) is 44.9 Å². The standard InChI is InChI=1S/C28H35N7O5/c1-6-10-14-39-27(37)35(28(38)40-15-11-7-2)26(21(17-29)18-30)25(19-31)33-23-13-12-22(34(8-3)9-4)16-24(23)32-20(5)36/h12-13,16H,6-11,14-15H2,1-5H3,(H,32,36). The molecule has 40 heavy (non-hydrogen) atoms. The van der Waals surface area contributed by atoms with Crippen LogP contribution in [-0.4, -0.2) is 55.0 Å². The SMILES string of the molecule is CCCCOC(=O)N(C(=O)OCCCC)C(C(C#N)=Nc1ccc(N(CC)CC)cc1NC(C)=O)=C(C#N)C#N. The molecule has 1 aromatic carbocycles. The van der Waals surface area contributed by atoms with Crippen molar-refractivity contribution in [1.82, 2.24) is 4.90 Å². The molecule has 0 radical (unpaired) electrons. The summed E-state index contributed by atoms with van der Waals surface area (Å²) in [5.74, 6) is -0.405. The molecule has 1 N–H and O–H groups in total. The molecular formula is C28H35N7O5. The van der Waals surface area contributed by atoms with Crippen LogP contribution in [0.5, 0.6) is 0 Å². The lowest BCUT2D eigenvalue weighted by atomic mass is 10.1. The van der Waals surface area contributed by atoms with E-state index in [1.54, 1.807) is 30.3 Å². The van der Waals surface area contributed by atoms with Crippen LogP contribution in [0.2, 0.25) is 0 Å². The molecular weight excluding hydrogens is 514 g/mol. The number of aliphatic imine (C=N–C) groups is 1. The molecule has 0 heterocycles. The minimum absolute atomic E-state index is 0.0473. The van der Waals surface area contributed by atoms with Gasteiger partial charge in [0.25, 0.3) is 0 Å². The maximum Gasteiger partial charge on any atom is 0.424 e. The second-order valence-corrected chi connectivity index (χ2v) is 8.35. The Kier molecular flexibility index (Phi) is 14.6. The van der Waals surface area contributed by atoms with Crippen molar-refractivity contribution in [3.8, 4) is 18.2 Å². The molecule has 1 rings (SSSR count). The second-order valence-electron chi connectivity index (χ2n) is 8.35. The maximum absolute atomic E-state index is 13.1. The first-order valence-electron chi connectivity index (χ1n) is 13.1. The number of benzene rings is 1. The molecule has 0 aromatic heterocycles. The average Bonchev–Trinajstić information content (AvgIpc) is 2.93. The number of imide groups is 1. The fourth-order valence-corrected chi connectivity index (χ4v) is 3.41. The molecule has 1 aromatic rings. The summed E-state index contributed by atoms with van der Waals surface area (Å²) in [5, 5.41) is 32.1. The van der Waals surface area contributed by atoms with Crippen LogP contribution < -0.4 is 10.2 Å². The summed E-state index contributed by atoms with van der Waals surface area (Å²) in [7, 11) is 0. The summed E-state index contributed by atoms with van der Waals surface area (Å²) in [6, 6.07) is 9.93. The van der Waals surface area contributed by atoms with Crippen LogP contribution in [0.3, 0.4) is 0 Å². The number of hydrogen-bond acceptors (Lipinski definition) is 10. The number of unbranched alkanes of at least 4 members (excludes halogenated alkanes) is 2. The predicted molar refractivity (Wildman–Crippen MR) is 150 cm³/mol. The number of ether oxygens (including phenoxy) is 2. The van der Waals surface area contributed by atoms with E-state index in [0.717, 1.165) is 5.69 Å². The fourth-order valence-electron chi connectivity index (χ4n) is 3.41. The molecule has 3 amide bonds. The van der Waals surface area contributed by atoms with E-state index in [4.69, 9.17) is 9.47 Å². The van der Waals surface area contributed by atoms with Gasteiger partial charge in [0.15, 0.2) is 11.3 Å². The zero-order valence-electron chi connectivity index (χ0n) is 23.6. The zero-order chi connectivity index (χ0) is 30.1. The van der Waals surface area contributed by atoms with Gasteiger partial charge < -0.3 is 19.7 Å². The Morgan fingerprint density at radius 3 is 1.88 bits per heavy atom. The maximum atomic E-state index is 13.1. The topological polar surface area (TPSA) is 172 Å². The van der Waals surface area contributed by atoms with Crippen molar-refractivity contribution in [2.24, 2.45) is 4.99 Å². The number of hydrogen-bond donors (Lipinski definition) is 1. The number of carbonyl (C=O) groups excluding carboxylic acids is 3. The van der Waals surface area contributed by atoms with Crippen LogP contribution in [0.4, 0.5) is 26.7 Å². The van der Waals surface area contributed by atoms with Gasteiger partial charge in [-0.15, -0.1) is 0 Å². The van der Waals surface area contributed by atoms with Gasteiger partial charge in [0.05, 0.1) is 24.6 Å². The first-order chi connectivity index (χ1) is 19.2. The monoisotopic (exact) mass is 549 g/mol. The van der Waals surface area contributed by atoms with Crippen LogP contribution in [0.25, 0.3) is 0 Å². The number of allylic oxidation sites excluding steroid dienone is 2. The van der Waals surface area contributed by atoms with Gasteiger partial charge in [-0.3, -0.25) is 4.79 Å². The summed E-state index contributed by atoms with van der Waals surface area (Å²) < 4.78 is 10.4. The second kappa shape index (κ2) is 17.6. The van der Waals surface area contributed by atoms with Crippen molar-refractivity contribution in [1.29, 1.82) is 15.8 Å². The zero-order valence-corrected chi connectivity index (χ0v) is 23.6. The smallest absolute Gasteiger partial charge is 0.424 e. The molecule has 0 aliphatic heterocycles. The van der Waals surface area contributed by atoms with Crippen LogP contribution in [-0.2, 0) is 14.3 Å². The lowest BCUT2D eigenvalue weighted by Crippen LogP contribution is -2.40. The molecule has 12 heteroatoms. The van der Waals surface area contributed by atoms with E-state index in [1.165, 1.54) is 13.0 Å². The Morgan fingerprint density at radius 1 is 0.900 bits per heavy atom. The van der Waals surface area contributed by atoms with Crippen LogP contribution in [0.1, 0.15) is 60.3 Å². The highest BCUT2D eigenvalue weighted by atomic mass is 16.6. The van der Waals surface area contributed by atoms with Crippen LogP contribution in [0.15, 0.2) is 34.5 Å². The van der Waals surface area contributed by atoms with E-state index in [-0.39, 0.29) is 24.6 Å². The van der Waals surface area contributed by atoms with Crippen molar-refractivity contribution in [3.05, 3.63) is 29.5 Å². The molecule has 0 saturated heterocycles. The highest BCUT2D eigenvalue weighted by Gasteiger charge is 2.35. The van der Waals surface area contributed by atoms with Gasteiger partial charge in [-0.1, -0.05) is 26.7 Å². The fraction of sp³-hybridized carbons (Fsp3) is 0.464. The number of rotatable bonds is 13. The van der Waals surface area contributed by atoms with E-state index in [2.05, 4.69) is 10.3 Å². The van der Waals surface area contributed by atoms with Gasteiger partial charge in [-0.2, -0.15) is 20.7 Å². The summed E-state index contributed by atoms with van der Waals surface area (Å²) in [6.07, 6.45) is -0.0851. The summed E-state index contributed by atoms with van der Waals surface area (Å²) in [5.41, 5.74) is -0.924. The number of nitrogens with zero attached hydrogens (tertiary/aromatic N) is 6. The van der Waals surface area contributed by atoms with Gasteiger partial charge >= 0.3 is 12.2 Å². The van der Waals surface area contributed by atoms with Crippen LogP contribution in [0, 0.1) is 34.0 Å². The number of nitriles is 3. The van der Waals surface area contributed by atoms with E-state index < -0.39 is 35.1 Å². The Balaban J connectivity index is 3.87. The molecule has 0 aliphatic rings. The Labute approximate surface area is 235 Å². The minimum atomic E-state index is -1.23. The highest BCUT2D eigenvalue weighted by Crippen LogP contribution is 2.32. The van der Waals surface area contributed by atoms with Gasteiger partial charge in [0, 0.05) is 25.7 Å². The van der Waals surface area contributed by atoms with Crippen molar-refractivity contribution >= 4 is 40.9 Å². The third kappa shape index (κ3) is 9.45. The molecule has 12 nitrogen and oxygen atoms in total. The minimum Gasteiger partial charge on any atom is -0.449 e. The van der Waals surface area contributed by atoms with Gasteiger partial charge in [0.1, 0.15) is 23.9 Å². The quantitative estimate of drug-likeness (QED) is 0.188. The molecule has 0 spiro atoms. The molecule has 212 valence electrons. The van der Waals surface area contributed by atoms with Crippen molar-refractivity contribution < 1.29 is 23.9 Å². The van der Waals surface area contributed by atoms with E-state index in [0.29, 0.717) is 43.7 Å². The number of carbonyl (C=O) groups is 3. The third-order valence-electron chi connectivity index (χ3n) is 5.48. The summed E-state index contributed by atoms with van der Waals surface area (Å²) in [4.78, 5) is 44.7. The van der Waals surface area contributed by atoms with Crippen molar-refractivity contribution in [2.75, 3.05) is 36.5 Å². The Bertz CT molecular complexity index is 1210. The number of nitrogens with one attached hydrogen (secondary N) is 1. The Hall–Kier alpha value is -4.89. The highest BCUT2D eigenvalue weighted by molar-refractivity contribution is 6.17. The molecule has 0 aliphatic carbocycles. The van der Waals surface area contributed by atoms with Crippen molar-refractivity contribution in [2.45, 2.75) is 60.3 Å². The summed E-state index contributed by atoms with van der Waals surface area (Å²) in [6.45, 7) is 10.3. The average molecular weight is 550 g/mol. The van der Waals surface area contributed by atoms with Crippen LogP contribution >= 0.6 is 0 Å². The van der Waals surface area contributed by atoms with Crippen molar-refractivity contribution in [3.63, 3.8) is 0 Å². The molecule has 0 fully saturated rings. The van der Waals surface area contributed by atoms with E-state index >= 15 is 0 Å². The lowest BCUT2D eigenvalue weighted by molar-refractivity contribution is -0.114. The molecule has 0 bridgehead atoms. The number of anilines is 2. The first kappa shape index (κ1) is 33.1. The third-order valence-corrected chi connectivity index (χ3v) is 5.48. The Morgan fingerprint density at radius 2 is 1.45 bits per heavy atom. The van der Waals surface area contributed by atoms with Gasteiger partial charge in [-0.25, -0.2) is 14.6 Å². The number of amides is 3. The predicted octanol–water partition coefficient (Wildman–Crippen LogP) is 5.56. The van der Waals surface area contributed by atoms with Gasteiger partial charge in [0.2, 0.25) is 5.91 Å². The summed E-state index contributed by atoms with van der Waals surface area (Å²) >= 11 is 0. The van der Waals surface area contributed by atoms with E-state index in [9.17, 15) is 30.2 Å². The van der Waals surface area contributed by atoms with E-state index in [1.807, 2.05) is 32.6 Å². The lowest BCUT2D eigenvalue weighted by Gasteiger charge is -2.23.